The van der Waals surface area contributed by atoms with E-state index in [1.54, 1.807) is 0 Å². The van der Waals surface area contributed by atoms with Gasteiger partial charge in [-0.15, -0.1) is 0 Å². The van der Waals surface area contributed by atoms with Crippen LogP contribution >= 0.6 is 0 Å². The smallest absolute Gasteiger partial charge is 0.0471 e. The van der Waals surface area contributed by atoms with E-state index in [9.17, 15) is 0 Å². The molecule has 2 N–H and O–H groups in total. The quantitative estimate of drug-likeness (QED) is 0.749. The van der Waals surface area contributed by atoms with Crippen molar-refractivity contribution in [3.63, 3.8) is 0 Å². The van der Waals surface area contributed by atoms with Crippen molar-refractivity contribution < 1.29 is 5.11 Å². The van der Waals surface area contributed by atoms with Crippen molar-refractivity contribution >= 4 is 5.69 Å². The summed E-state index contributed by atoms with van der Waals surface area (Å²) >= 11 is 0. The van der Waals surface area contributed by atoms with E-state index in [2.05, 4.69) is 23.5 Å². The molecular formula is C12H17NO. The van der Waals surface area contributed by atoms with Crippen molar-refractivity contribution in [2.75, 3.05) is 18.5 Å². The van der Waals surface area contributed by atoms with E-state index in [1.807, 2.05) is 0 Å². The van der Waals surface area contributed by atoms with Crippen LogP contribution in [0.3, 0.4) is 0 Å². The lowest BCUT2D eigenvalue weighted by atomic mass is 9.99. The van der Waals surface area contributed by atoms with Gasteiger partial charge in [0, 0.05) is 18.8 Å². The Hall–Kier alpha value is -1.02. The van der Waals surface area contributed by atoms with E-state index in [1.165, 1.54) is 29.7 Å². The lowest BCUT2D eigenvalue weighted by Crippen LogP contribution is -2.02. The zero-order valence-corrected chi connectivity index (χ0v) is 8.42. The molecule has 0 saturated carbocycles. The minimum absolute atomic E-state index is 0.246. The first-order chi connectivity index (χ1) is 6.92. The van der Waals surface area contributed by atoms with Gasteiger partial charge in [-0.3, -0.25) is 0 Å². The number of aliphatic hydroxyl groups is 1. The third-order valence-corrected chi connectivity index (χ3v) is 2.82. The van der Waals surface area contributed by atoms with Gasteiger partial charge in [-0.05, 0) is 42.9 Å². The molecule has 0 aliphatic carbocycles. The predicted molar refractivity (Wildman–Crippen MR) is 58.7 cm³/mol. The highest BCUT2D eigenvalue weighted by Gasteiger charge is 2.10. The second-order valence-corrected chi connectivity index (χ2v) is 3.80. The average Bonchev–Trinajstić information content (AvgIpc) is 2.44. The molecule has 1 heterocycles. The number of benzene rings is 1. The zero-order chi connectivity index (χ0) is 9.80. The van der Waals surface area contributed by atoms with E-state index in [0.717, 1.165) is 19.4 Å². The lowest BCUT2D eigenvalue weighted by Gasteiger charge is -2.11. The van der Waals surface area contributed by atoms with Crippen LogP contribution in [0.4, 0.5) is 5.69 Å². The summed E-state index contributed by atoms with van der Waals surface area (Å²) in [6, 6.07) is 6.34. The molecule has 1 aliphatic heterocycles. The Labute approximate surface area is 85.0 Å². The molecule has 14 heavy (non-hydrogen) atoms. The number of hydrogen-bond acceptors (Lipinski definition) is 2. The maximum atomic E-state index is 8.97. The summed E-state index contributed by atoms with van der Waals surface area (Å²) in [5, 5.41) is 12.4. The van der Waals surface area contributed by atoms with E-state index in [0.29, 0.717) is 0 Å². The Morgan fingerprint density at radius 3 is 3.07 bits per heavy atom. The molecule has 0 atom stereocenters. The van der Waals surface area contributed by atoms with E-state index in [4.69, 9.17) is 5.11 Å². The molecule has 0 amide bonds. The van der Waals surface area contributed by atoms with Crippen LogP contribution in [-0.2, 0) is 12.8 Å². The maximum Gasteiger partial charge on any atom is 0.0471 e. The average molecular weight is 191 g/mol. The Bertz CT molecular complexity index is 309. The van der Waals surface area contributed by atoms with Crippen LogP contribution in [0, 0.1) is 0 Å². The third-order valence-electron chi connectivity index (χ3n) is 2.82. The summed E-state index contributed by atoms with van der Waals surface area (Å²) in [6.07, 6.45) is 4.43. The molecule has 1 aliphatic rings. The first-order valence-corrected chi connectivity index (χ1v) is 5.37. The molecule has 0 fully saturated rings. The van der Waals surface area contributed by atoms with Crippen molar-refractivity contribution in [3.05, 3.63) is 29.3 Å². The van der Waals surface area contributed by atoms with Crippen LogP contribution in [0.5, 0.6) is 0 Å². The lowest BCUT2D eigenvalue weighted by molar-refractivity contribution is 0.299. The second-order valence-electron chi connectivity index (χ2n) is 3.80. The van der Waals surface area contributed by atoms with Crippen molar-refractivity contribution in [1.29, 1.82) is 0 Å². The highest BCUT2D eigenvalue weighted by atomic mass is 16.2. The topological polar surface area (TPSA) is 32.3 Å². The monoisotopic (exact) mass is 191 g/mol. The van der Waals surface area contributed by atoms with Gasteiger partial charge in [0.2, 0.25) is 0 Å². The highest BCUT2D eigenvalue weighted by Crippen LogP contribution is 2.25. The largest absolute Gasteiger partial charge is 0.396 e. The third kappa shape index (κ3) is 1.90. The summed E-state index contributed by atoms with van der Waals surface area (Å²) in [5.41, 5.74) is 3.99. The van der Waals surface area contributed by atoms with Crippen LogP contribution < -0.4 is 5.32 Å². The summed E-state index contributed by atoms with van der Waals surface area (Å²) in [6.45, 7) is 1.33. The summed E-state index contributed by atoms with van der Waals surface area (Å²) in [4.78, 5) is 0. The minimum Gasteiger partial charge on any atom is -0.396 e. The van der Waals surface area contributed by atoms with Crippen LogP contribution in [0.15, 0.2) is 18.2 Å². The maximum absolute atomic E-state index is 8.97. The summed E-state index contributed by atoms with van der Waals surface area (Å²) in [7, 11) is 0. The van der Waals surface area contributed by atoms with Gasteiger partial charge >= 0.3 is 0 Å². The van der Waals surface area contributed by atoms with Gasteiger partial charge in [0.15, 0.2) is 0 Å². The normalized spacial score (nSPS) is 15.5. The number of nitrogens with one attached hydrogen (secondary N) is 1. The molecule has 0 radical (unpaired) electrons. The van der Waals surface area contributed by atoms with Crippen molar-refractivity contribution in [1.82, 2.24) is 0 Å². The number of rotatable bonds is 2. The van der Waals surface area contributed by atoms with E-state index in [-0.39, 0.29) is 6.61 Å². The standard InChI is InChI=1S/C12H17NO/c14-9-7-10-4-3-6-12-11(10)5-1-2-8-13-12/h3-4,6,13-14H,1-2,5,7-9H2. The molecule has 0 aromatic heterocycles. The first kappa shape index (κ1) is 9.53. The van der Waals surface area contributed by atoms with Gasteiger partial charge in [-0.1, -0.05) is 12.1 Å². The second kappa shape index (κ2) is 4.47. The zero-order valence-electron chi connectivity index (χ0n) is 8.42. The fourth-order valence-corrected chi connectivity index (χ4v) is 2.10. The molecule has 0 bridgehead atoms. The molecule has 1 aromatic rings. The van der Waals surface area contributed by atoms with Crippen LogP contribution in [0.25, 0.3) is 0 Å². The van der Waals surface area contributed by atoms with Gasteiger partial charge in [0.05, 0.1) is 0 Å². The fourth-order valence-electron chi connectivity index (χ4n) is 2.10. The van der Waals surface area contributed by atoms with Crippen molar-refractivity contribution in [2.24, 2.45) is 0 Å². The van der Waals surface area contributed by atoms with Gasteiger partial charge in [-0.25, -0.2) is 0 Å². The Kier molecular flexibility index (Phi) is 3.04. The number of aliphatic hydroxyl groups excluding tert-OH is 1. The summed E-state index contributed by atoms with van der Waals surface area (Å²) < 4.78 is 0. The van der Waals surface area contributed by atoms with Gasteiger partial charge in [0.25, 0.3) is 0 Å². The molecular weight excluding hydrogens is 174 g/mol. The summed E-state index contributed by atoms with van der Waals surface area (Å²) in [5.74, 6) is 0. The SMILES string of the molecule is OCCc1cccc2c1CCCCN2. The number of fused-ring (bicyclic) bond motifs is 1. The molecule has 2 rings (SSSR count). The van der Waals surface area contributed by atoms with Crippen LogP contribution in [0.2, 0.25) is 0 Å². The Morgan fingerprint density at radius 2 is 2.21 bits per heavy atom. The molecule has 76 valence electrons. The van der Waals surface area contributed by atoms with Crippen molar-refractivity contribution in [2.45, 2.75) is 25.7 Å². The van der Waals surface area contributed by atoms with Gasteiger partial charge in [-0.2, -0.15) is 0 Å². The number of anilines is 1. The Morgan fingerprint density at radius 1 is 1.29 bits per heavy atom. The number of hydrogen-bond donors (Lipinski definition) is 2. The molecule has 0 spiro atoms. The first-order valence-electron chi connectivity index (χ1n) is 5.37. The van der Waals surface area contributed by atoms with Crippen LogP contribution in [0.1, 0.15) is 24.0 Å². The van der Waals surface area contributed by atoms with E-state index >= 15 is 0 Å². The van der Waals surface area contributed by atoms with E-state index < -0.39 is 0 Å². The molecule has 0 saturated heterocycles. The highest BCUT2D eigenvalue weighted by molar-refractivity contribution is 5.55. The minimum atomic E-state index is 0.246. The fraction of sp³-hybridized carbons (Fsp3) is 0.500. The Balaban J connectivity index is 2.32. The molecule has 2 heteroatoms. The van der Waals surface area contributed by atoms with Gasteiger partial charge in [0.1, 0.15) is 0 Å². The molecule has 2 nitrogen and oxygen atoms in total. The van der Waals surface area contributed by atoms with Crippen molar-refractivity contribution in [3.8, 4) is 0 Å². The molecule has 0 unspecified atom stereocenters. The van der Waals surface area contributed by atoms with Gasteiger partial charge < -0.3 is 10.4 Å². The predicted octanol–water partition coefficient (Wildman–Crippen LogP) is 1.97. The molecule has 1 aromatic carbocycles. The van der Waals surface area contributed by atoms with Crippen LogP contribution in [-0.4, -0.2) is 18.3 Å².